The van der Waals surface area contributed by atoms with E-state index in [2.05, 4.69) is 0 Å². The number of carboxylic acids is 1. The van der Waals surface area contributed by atoms with Crippen molar-refractivity contribution in [2.45, 2.75) is 24.2 Å². The number of fused-ring (bicyclic) bond motifs is 1. The molecule has 20 heavy (non-hydrogen) atoms. The summed E-state index contributed by atoms with van der Waals surface area (Å²) in [5.74, 6) is -1.17. The van der Waals surface area contributed by atoms with Crippen molar-refractivity contribution >= 4 is 16.0 Å². The first-order valence-electron chi connectivity index (χ1n) is 6.11. The molecule has 2 aliphatic rings. The zero-order valence-electron chi connectivity index (χ0n) is 10.5. The number of sulfonamides is 1. The molecule has 3 rings (SSSR count). The quantitative estimate of drug-likeness (QED) is 0.831. The normalized spacial score (nSPS) is 22.1. The number of aliphatic carboxylic acids is 1. The van der Waals surface area contributed by atoms with E-state index >= 15 is 0 Å². The lowest BCUT2D eigenvalue weighted by Gasteiger charge is -2.22. The molecule has 0 saturated heterocycles. The number of hydrogen-bond donors (Lipinski definition) is 1. The van der Waals surface area contributed by atoms with Crippen molar-refractivity contribution in [1.82, 2.24) is 4.31 Å². The maximum absolute atomic E-state index is 12.7. The molecule has 0 spiro atoms. The Morgan fingerprint density at radius 2 is 2.15 bits per heavy atom. The molecule has 2 heterocycles. The van der Waals surface area contributed by atoms with E-state index in [0.717, 1.165) is 9.87 Å². The number of carbonyl (C=O) groups is 1. The maximum Gasteiger partial charge on any atom is 0.326 e. The van der Waals surface area contributed by atoms with E-state index in [4.69, 9.17) is 9.84 Å². The molecule has 1 unspecified atom stereocenters. The summed E-state index contributed by atoms with van der Waals surface area (Å²) < 4.78 is 31.6. The van der Waals surface area contributed by atoms with Crippen LogP contribution in [-0.2, 0) is 32.8 Å². The molecule has 0 radical (unpaired) electrons. The number of rotatable bonds is 3. The number of hydrogen-bond acceptors (Lipinski definition) is 4. The highest BCUT2D eigenvalue weighted by Gasteiger charge is 2.38. The Morgan fingerprint density at radius 1 is 1.35 bits per heavy atom. The molecule has 0 aliphatic carbocycles. The van der Waals surface area contributed by atoms with Crippen molar-refractivity contribution in [3.05, 3.63) is 41.5 Å². The average Bonchev–Trinajstić information content (AvgIpc) is 3.06. The largest absolute Gasteiger partial charge is 0.480 e. The van der Waals surface area contributed by atoms with Crippen LogP contribution in [0.4, 0.5) is 0 Å². The molecule has 0 saturated carbocycles. The minimum atomic E-state index is -3.85. The highest BCUT2D eigenvalue weighted by molar-refractivity contribution is 7.89. The second kappa shape index (κ2) is 4.69. The van der Waals surface area contributed by atoms with Gasteiger partial charge < -0.3 is 9.84 Å². The second-order valence-electron chi connectivity index (χ2n) is 4.67. The predicted octanol–water partition coefficient (Wildman–Crippen LogP) is 0.731. The standard InChI is InChI=1S/C13H13NO5S/c15-13(16)11-4-2-6-14(11)20(17,18)12-5-1-3-9-7-19-8-10(9)12/h1-5,11H,6-8H2,(H,15,16). The molecule has 1 N–H and O–H groups in total. The maximum atomic E-state index is 12.7. The van der Waals surface area contributed by atoms with E-state index in [9.17, 15) is 13.2 Å². The Balaban J connectivity index is 2.06. The molecule has 6 nitrogen and oxygen atoms in total. The smallest absolute Gasteiger partial charge is 0.326 e. The predicted molar refractivity (Wildman–Crippen MR) is 69.4 cm³/mol. The zero-order chi connectivity index (χ0) is 14.3. The van der Waals surface area contributed by atoms with E-state index in [1.165, 1.54) is 12.1 Å². The molecule has 1 aromatic rings. The van der Waals surface area contributed by atoms with Crippen molar-refractivity contribution in [2.75, 3.05) is 6.54 Å². The van der Waals surface area contributed by atoms with Crippen molar-refractivity contribution < 1.29 is 23.1 Å². The van der Waals surface area contributed by atoms with Gasteiger partial charge in [-0.2, -0.15) is 4.31 Å². The molecule has 0 fully saturated rings. The van der Waals surface area contributed by atoms with Gasteiger partial charge in [0.2, 0.25) is 10.0 Å². The van der Waals surface area contributed by atoms with Gasteiger partial charge in [0, 0.05) is 12.1 Å². The van der Waals surface area contributed by atoms with Crippen LogP contribution in [0, 0.1) is 0 Å². The SMILES string of the molecule is O=C(O)C1C=CCN1S(=O)(=O)c1cccc2c1COC2. The Hall–Kier alpha value is -1.70. The minimum Gasteiger partial charge on any atom is -0.480 e. The van der Waals surface area contributed by atoms with Crippen molar-refractivity contribution in [2.24, 2.45) is 0 Å². The topological polar surface area (TPSA) is 83.9 Å². The van der Waals surface area contributed by atoms with Crippen LogP contribution in [0.25, 0.3) is 0 Å². The van der Waals surface area contributed by atoms with E-state index < -0.39 is 22.0 Å². The third kappa shape index (κ3) is 1.94. The number of benzene rings is 1. The molecule has 1 atom stereocenters. The fourth-order valence-electron chi connectivity index (χ4n) is 2.50. The first kappa shape index (κ1) is 13.3. The first-order valence-corrected chi connectivity index (χ1v) is 7.55. The molecular formula is C13H13NO5S. The summed E-state index contributed by atoms with van der Waals surface area (Å²) in [7, 11) is -3.85. The third-order valence-corrected chi connectivity index (χ3v) is 5.42. The molecule has 106 valence electrons. The van der Waals surface area contributed by atoms with Gasteiger partial charge in [-0.05, 0) is 11.6 Å². The molecule has 2 aliphatic heterocycles. The Morgan fingerprint density at radius 3 is 2.90 bits per heavy atom. The number of carboxylic acid groups (broad SMARTS) is 1. The van der Waals surface area contributed by atoms with Crippen molar-refractivity contribution in [3.8, 4) is 0 Å². The van der Waals surface area contributed by atoms with Crippen molar-refractivity contribution in [1.29, 1.82) is 0 Å². The van der Waals surface area contributed by atoms with Crippen LogP contribution in [0.2, 0.25) is 0 Å². The average molecular weight is 295 g/mol. The van der Waals surface area contributed by atoms with Crippen LogP contribution in [0.5, 0.6) is 0 Å². The summed E-state index contributed by atoms with van der Waals surface area (Å²) in [5.41, 5.74) is 1.47. The molecular weight excluding hydrogens is 282 g/mol. The summed E-state index contributed by atoms with van der Waals surface area (Å²) in [6.45, 7) is 0.701. The van der Waals surface area contributed by atoms with Crippen molar-refractivity contribution in [3.63, 3.8) is 0 Å². The van der Waals surface area contributed by atoms with E-state index in [-0.39, 0.29) is 18.0 Å². The number of nitrogens with zero attached hydrogens (tertiary/aromatic N) is 1. The lowest BCUT2D eigenvalue weighted by Crippen LogP contribution is -2.41. The fraction of sp³-hybridized carbons (Fsp3) is 0.308. The van der Waals surface area contributed by atoms with Gasteiger partial charge in [0.25, 0.3) is 0 Å². The minimum absolute atomic E-state index is 0.0732. The Bertz CT molecular complexity index is 695. The third-order valence-electron chi connectivity index (χ3n) is 3.49. The highest BCUT2D eigenvalue weighted by Crippen LogP contribution is 2.30. The molecule has 7 heteroatoms. The summed E-state index contributed by atoms with van der Waals surface area (Å²) in [6, 6.07) is 3.83. The molecule has 0 amide bonds. The highest BCUT2D eigenvalue weighted by atomic mass is 32.2. The van der Waals surface area contributed by atoms with Gasteiger partial charge in [0.15, 0.2) is 0 Å². The summed E-state index contributed by atoms with van der Waals surface area (Å²) in [5, 5.41) is 9.11. The molecule has 1 aromatic carbocycles. The lowest BCUT2D eigenvalue weighted by molar-refractivity contribution is -0.139. The summed E-state index contributed by atoms with van der Waals surface area (Å²) in [6.07, 6.45) is 2.94. The van der Waals surface area contributed by atoms with Crippen LogP contribution in [-0.4, -0.2) is 36.4 Å². The van der Waals surface area contributed by atoms with Gasteiger partial charge in [-0.3, -0.25) is 4.79 Å². The summed E-state index contributed by atoms with van der Waals surface area (Å²) >= 11 is 0. The van der Waals surface area contributed by atoms with E-state index in [1.54, 1.807) is 12.1 Å². The zero-order valence-corrected chi connectivity index (χ0v) is 11.3. The monoisotopic (exact) mass is 295 g/mol. The van der Waals surface area contributed by atoms with Crippen LogP contribution in [0.3, 0.4) is 0 Å². The van der Waals surface area contributed by atoms with Crippen LogP contribution in [0.15, 0.2) is 35.2 Å². The Kier molecular flexibility index (Phi) is 3.12. The fourth-order valence-corrected chi connectivity index (χ4v) is 4.24. The Labute approximate surface area is 116 Å². The van der Waals surface area contributed by atoms with Crippen LogP contribution >= 0.6 is 0 Å². The van der Waals surface area contributed by atoms with E-state index in [1.807, 2.05) is 6.07 Å². The first-order chi connectivity index (χ1) is 9.51. The summed E-state index contributed by atoms with van der Waals surface area (Å²) in [4.78, 5) is 11.3. The van der Waals surface area contributed by atoms with Gasteiger partial charge >= 0.3 is 5.97 Å². The van der Waals surface area contributed by atoms with Crippen LogP contribution < -0.4 is 0 Å². The van der Waals surface area contributed by atoms with Gasteiger partial charge in [-0.25, -0.2) is 8.42 Å². The van der Waals surface area contributed by atoms with E-state index in [0.29, 0.717) is 12.2 Å². The van der Waals surface area contributed by atoms with Gasteiger partial charge in [-0.1, -0.05) is 24.3 Å². The van der Waals surface area contributed by atoms with Gasteiger partial charge in [0.05, 0.1) is 18.1 Å². The molecule has 0 aromatic heterocycles. The number of ether oxygens (including phenoxy) is 1. The van der Waals surface area contributed by atoms with Gasteiger partial charge in [-0.15, -0.1) is 0 Å². The lowest BCUT2D eigenvalue weighted by atomic mass is 10.1. The molecule has 0 bridgehead atoms. The van der Waals surface area contributed by atoms with Gasteiger partial charge in [0.1, 0.15) is 6.04 Å². The van der Waals surface area contributed by atoms with Crippen LogP contribution in [0.1, 0.15) is 11.1 Å². The second-order valence-corrected chi connectivity index (χ2v) is 6.53.